The minimum absolute atomic E-state index is 0.293. The molecule has 0 saturated heterocycles. The minimum Gasteiger partial charge on any atom is -0.465 e. The van der Waals surface area contributed by atoms with Crippen molar-refractivity contribution in [3.8, 4) is 22.6 Å². The predicted octanol–water partition coefficient (Wildman–Crippen LogP) is 5.95. The molecule has 27 heavy (non-hydrogen) atoms. The van der Waals surface area contributed by atoms with Gasteiger partial charge in [0.05, 0.1) is 18.2 Å². The zero-order valence-corrected chi connectivity index (χ0v) is 14.3. The smallest absolute Gasteiger partial charge is 0.416 e. The van der Waals surface area contributed by atoms with Crippen molar-refractivity contribution in [3.05, 3.63) is 83.9 Å². The van der Waals surface area contributed by atoms with Gasteiger partial charge in [0.25, 0.3) is 0 Å². The Morgan fingerprint density at radius 1 is 0.852 bits per heavy atom. The Hall–Kier alpha value is -3.28. The Kier molecular flexibility index (Phi) is 5.16. The summed E-state index contributed by atoms with van der Waals surface area (Å²) < 4.78 is 48.5. The van der Waals surface area contributed by atoms with Gasteiger partial charge in [-0.3, -0.25) is 0 Å². The van der Waals surface area contributed by atoms with E-state index < -0.39 is 17.7 Å². The Morgan fingerprint density at radius 2 is 1.48 bits per heavy atom. The van der Waals surface area contributed by atoms with E-state index in [1.165, 1.54) is 19.2 Å². The SMILES string of the molecule is COC(=O)c1ccc(-c2ccccc2Oc2ccc(C(F)(F)F)cc2)cc1. The van der Waals surface area contributed by atoms with Gasteiger partial charge in [-0.25, -0.2) is 4.79 Å². The first-order valence-corrected chi connectivity index (χ1v) is 8.01. The monoisotopic (exact) mass is 372 g/mol. The van der Waals surface area contributed by atoms with Gasteiger partial charge in [-0.05, 0) is 48.0 Å². The maximum atomic E-state index is 12.7. The standard InChI is InChI=1S/C21H15F3O3/c1-26-20(25)15-8-6-14(7-9-15)18-4-2-3-5-19(18)27-17-12-10-16(11-13-17)21(22,23)24/h2-13H,1H3. The van der Waals surface area contributed by atoms with Gasteiger partial charge >= 0.3 is 12.1 Å². The van der Waals surface area contributed by atoms with Crippen LogP contribution in [0.25, 0.3) is 11.1 Å². The van der Waals surface area contributed by atoms with Crippen molar-refractivity contribution in [2.24, 2.45) is 0 Å². The van der Waals surface area contributed by atoms with E-state index in [0.717, 1.165) is 23.3 Å². The van der Waals surface area contributed by atoms with Crippen molar-refractivity contribution in [1.82, 2.24) is 0 Å². The summed E-state index contributed by atoms with van der Waals surface area (Å²) in [5, 5.41) is 0. The molecular weight excluding hydrogens is 357 g/mol. The fourth-order valence-corrected chi connectivity index (χ4v) is 2.54. The van der Waals surface area contributed by atoms with Gasteiger partial charge in [-0.1, -0.05) is 30.3 Å². The minimum atomic E-state index is -4.39. The fraction of sp³-hybridized carbons (Fsp3) is 0.0952. The molecule has 0 aliphatic heterocycles. The highest BCUT2D eigenvalue weighted by Gasteiger charge is 2.30. The molecule has 0 atom stereocenters. The van der Waals surface area contributed by atoms with Crippen LogP contribution in [0.2, 0.25) is 0 Å². The molecule has 0 aliphatic rings. The van der Waals surface area contributed by atoms with Gasteiger partial charge < -0.3 is 9.47 Å². The second-order valence-electron chi connectivity index (χ2n) is 5.69. The first-order chi connectivity index (χ1) is 12.9. The number of alkyl halides is 3. The number of halogens is 3. The van der Waals surface area contributed by atoms with Crippen LogP contribution in [-0.4, -0.2) is 13.1 Å². The summed E-state index contributed by atoms with van der Waals surface area (Å²) in [5.41, 5.74) is 1.22. The second-order valence-corrected chi connectivity index (χ2v) is 5.69. The Bertz CT molecular complexity index is 930. The summed E-state index contributed by atoms with van der Waals surface area (Å²) in [6.45, 7) is 0. The largest absolute Gasteiger partial charge is 0.465 e. The zero-order valence-electron chi connectivity index (χ0n) is 14.3. The molecule has 3 nitrogen and oxygen atoms in total. The molecule has 0 unspecified atom stereocenters. The van der Waals surface area contributed by atoms with Crippen molar-refractivity contribution in [1.29, 1.82) is 0 Å². The zero-order chi connectivity index (χ0) is 19.4. The Morgan fingerprint density at radius 3 is 2.07 bits per heavy atom. The van der Waals surface area contributed by atoms with E-state index in [-0.39, 0.29) is 0 Å². The van der Waals surface area contributed by atoms with Crippen LogP contribution in [0.3, 0.4) is 0 Å². The van der Waals surface area contributed by atoms with Crippen molar-refractivity contribution >= 4 is 5.97 Å². The number of esters is 1. The Labute approximate surface area is 154 Å². The van der Waals surface area contributed by atoms with Crippen LogP contribution in [0.1, 0.15) is 15.9 Å². The molecule has 0 spiro atoms. The fourth-order valence-electron chi connectivity index (χ4n) is 2.54. The number of benzene rings is 3. The normalized spacial score (nSPS) is 11.1. The quantitative estimate of drug-likeness (QED) is 0.531. The van der Waals surface area contributed by atoms with Crippen molar-refractivity contribution in [2.75, 3.05) is 7.11 Å². The molecule has 0 N–H and O–H groups in total. The lowest BCUT2D eigenvalue weighted by atomic mass is 10.0. The third kappa shape index (κ3) is 4.28. The lowest BCUT2D eigenvalue weighted by Gasteiger charge is -2.13. The van der Waals surface area contributed by atoms with Gasteiger partial charge in [0.1, 0.15) is 11.5 Å². The number of hydrogen-bond donors (Lipinski definition) is 0. The number of hydrogen-bond acceptors (Lipinski definition) is 3. The van der Waals surface area contributed by atoms with Crippen molar-refractivity contribution < 1.29 is 27.4 Å². The highest BCUT2D eigenvalue weighted by atomic mass is 19.4. The van der Waals surface area contributed by atoms with Crippen LogP contribution in [0.15, 0.2) is 72.8 Å². The molecular formula is C21H15F3O3. The molecule has 138 valence electrons. The molecule has 0 fully saturated rings. The lowest BCUT2D eigenvalue weighted by molar-refractivity contribution is -0.137. The molecule has 0 bridgehead atoms. The van der Waals surface area contributed by atoms with Crippen LogP contribution >= 0.6 is 0 Å². The van der Waals surface area contributed by atoms with E-state index in [0.29, 0.717) is 17.1 Å². The molecule has 0 radical (unpaired) electrons. The van der Waals surface area contributed by atoms with Crippen molar-refractivity contribution in [2.45, 2.75) is 6.18 Å². The van der Waals surface area contributed by atoms with E-state index >= 15 is 0 Å². The van der Waals surface area contributed by atoms with Gasteiger partial charge in [0, 0.05) is 5.56 Å². The lowest BCUT2D eigenvalue weighted by Crippen LogP contribution is -2.04. The molecule has 0 amide bonds. The van der Waals surface area contributed by atoms with Gasteiger partial charge in [-0.15, -0.1) is 0 Å². The third-order valence-corrected chi connectivity index (χ3v) is 3.91. The van der Waals surface area contributed by atoms with E-state index in [2.05, 4.69) is 4.74 Å². The van der Waals surface area contributed by atoms with Gasteiger partial charge in [-0.2, -0.15) is 13.2 Å². The predicted molar refractivity (Wildman–Crippen MR) is 94.7 cm³/mol. The number of methoxy groups -OCH3 is 1. The molecule has 0 heterocycles. The molecule has 3 rings (SSSR count). The summed E-state index contributed by atoms with van der Waals surface area (Å²) in [4.78, 5) is 11.5. The first kappa shape index (κ1) is 18.5. The molecule has 0 saturated carbocycles. The first-order valence-electron chi connectivity index (χ1n) is 8.01. The summed E-state index contributed by atoms with van der Waals surface area (Å²) >= 11 is 0. The maximum absolute atomic E-state index is 12.7. The van der Waals surface area contributed by atoms with Crippen LogP contribution in [0.5, 0.6) is 11.5 Å². The van der Waals surface area contributed by atoms with E-state index in [9.17, 15) is 18.0 Å². The van der Waals surface area contributed by atoms with Crippen LogP contribution in [-0.2, 0) is 10.9 Å². The number of para-hydroxylation sites is 1. The van der Waals surface area contributed by atoms with Crippen LogP contribution in [0.4, 0.5) is 13.2 Å². The molecule has 3 aromatic carbocycles. The topological polar surface area (TPSA) is 35.5 Å². The summed E-state index contributed by atoms with van der Waals surface area (Å²) in [7, 11) is 1.31. The summed E-state index contributed by atoms with van der Waals surface area (Å²) in [6, 6.07) is 18.4. The average Bonchev–Trinajstić information content (AvgIpc) is 2.68. The number of carbonyl (C=O) groups excluding carboxylic acids is 1. The van der Waals surface area contributed by atoms with Crippen molar-refractivity contribution in [3.63, 3.8) is 0 Å². The highest BCUT2D eigenvalue weighted by molar-refractivity contribution is 5.90. The van der Waals surface area contributed by atoms with Gasteiger partial charge in [0.15, 0.2) is 0 Å². The van der Waals surface area contributed by atoms with E-state index in [1.54, 1.807) is 36.4 Å². The number of ether oxygens (including phenoxy) is 2. The summed E-state index contributed by atoms with van der Waals surface area (Å²) in [6.07, 6.45) is -4.39. The number of rotatable bonds is 4. The maximum Gasteiger partial charge on any atom is 0.416 e. The average molecular weight is 372 g/mol. The third-order valence-electron chi connectivity index (χ3n) is 3.91. The molecule has 6 heteroatoms. The van der Waals surface area contributed by atoms with E-state index in [4.69, 9.17) is 4.74 Å². The van der Waals surface area contributed by atoms with Crippen LogP contribution in [0, 0.1) is 0 Å². The highest BCUT2D eigenvalue weighted by Crippen LogP contribution is 2.35. The molecule has 0 aromatic heterocycles. The summed E-state index contributed by atoms with van der Waals surface area (Å²) in [5.74, 6) is 0.348. The Balaban J connectivity index is 1.87. The van der Waals surface area contributed by atoms with E-state index in [1.807, 2.05) is 12.1 Å². The van der Waals surface area contributed by atoms with Crippen LogP contribution < -0.4 is 4.74 Å². The molecule has 0 aliphatic carbocycles. The number of carbonyl (C=O) groups is 1. The molecule has 3 aromatic rings. The second kappa shape index (κ2) is 7.53. The van der Waals surface area contributed by atoms with Gasteiger partial charge in [0.2, 0.25) is 0 Å².